The third kappa shape index (κ3) is 3.34. The molecule has 1 saturated carbocycles. The summed E-state index contributed by atoms with van der Waals surface area (Å²) in [7, 11) is 0. The lowest BCUT2D eigenvalue weighted by molar-refractivity contribution is -0.116. The molecule has 6 heteroatoms. The number of carbonyl (C=O) groups is 1. The highest BCUT2D eigenvalue weighted by Crippen LogP contribution is 2.35. The molecule has 126 valence electrons. The highest BCUT2D eigenvalue weighted by molar-refractivity contribution is 8.00. The number of benzene rings is 2. The van der Waals surface area contributed by atoms with E-state index < -0.39 is 0 Å². The zero-order valence-electron chi connectivity index (χ0n) is 13.4. The van der Waals surface area contributed by atoms with Crippen LogP contribution >= 0.6 is 23.4 Å². The van der Waals surface area contributed by atoms with Gasteiger partial charge in [-0.2, -0.15) is 0 Å². The topological polar surface area (TPSA) is 47.8 Å². The van der Waals surface area contributed by atoms with Crippen molar-refractivity contribution in [3.8, 4) is 17.1 Å². The lowest BCUT2D eigenvalue weighted by atomic mass is 10.2. The molecule has 2 aromatic carbocycles. The summed E-state index contributed by atoms with van der Waals surface area (Å²) in [4.78, 5) is 12.1. The Kier molecular flexibility index (Phi) is 4.59. The number of hydrogen-bond acceptors (Lipinski definition) is 4. The van der Waals surface area contributed by atoms with Crippen molar-refractivity contribution in [1.29, 1.82) is 0 Å². The summed E-state index contributed by atoms with van der Waals surface area (Å²) in [5.74, 6) is 1.06. The maximum Gasteiger partial charge on any atom is 0.196 e. The molecule has 4 rings (SSSR count). The van der Waals surface area contributed by atoms with E-state index in [1.54, 1.807) is 0 Å². The summed E-state index contributed by atoms with van der Waals surface area (Å²) in [6, 6.07) is 17.5. The summed E-state index contributed by atoms with van der Waals surface area (Å²) in [6.45, 7) is 0. The number of carbonyl (C=O) groups excluding carboxylic acids is 1. The molecule has 1 fully saturated rings. The molecule has 0 bridgehead atoms. The first-order chi connectivity index (χ1) is 12.2. The van der Waals surface area contributed by atoms with Gasteiger partial charge in [0, 0.05) is 22.7 Å². The van der Waals surface area contributed by atoms with E-state index in [1.807, 2.05) is 59.2 Å². The molecule has 0 amide bonds. The van der Waals surface area contributed by atoms with Gasteiger partial charge in [0.25, 0.3) is 0 Å². The van der Waals surface area contributed by atoms with Crippen LogP contribution in [0.15, 0.2) is 59.8 Å². The Hall–Kier alpha value is -2.11. The second kappa shape index (κ2) is 7.02. The molecule has 0 radical (unpaired) electrons. The van der Waals surface area contributed by atoms with Crippen LogP contribution in [0.25, 0.3) is 17.1 Å². The van der Waals surface area contributed by atoms with E-state index in [-0.39, 0.29) is 5.25 Å². The van der Waals surface area contributed by atoms with Crippen LogP contribution < -0.4 is 0 Å². The molecular formula is C19H16ClN3OS. The first-order valence-corrected chi connectivity index (χ1v) is 9.44. The van der Waals surface area contributed by atoms with Gasteiger partial charge in [-0.15, -0.1) is 10.2 Å². The minimum atomic E-state index is -0.0288. The molecule has 4 nitrogen and oxygen atoms in total. The van der Waals surface area contributed by atoms with Gasteiger partial charge in [-0.1, -0.05) is 53.7 Å². The summed E-state index contributed by atoms with van der Waals surface area (Å²) in [6.07, 6.45) is 2.52. The van der Waals surface area contributed by atoms with E-state index in [4.69, 9.17) is 11.6 Å². The number of aromatic nitrogens is 3. The fourth-order valence-corrected chi connectivity index (χ4v) is 4.28. The molecule has 1 aliphatic carbocycles. The minimum absolute atomic E-state index is 0.0288. The van der Waals surface area contributed by atoms with E-state index in [2.05, 4.69) is 10.2 Å². The summed E-state index contributed by atoms with van der Waals surface area (Å²) < 4.78 is 2.00. The molecule has 0 aliphatic heterocycles. The van der Waals surface area contributed by atoms with Crippen molar-refractivity contribution in [1.82, 2.24) is 14.8 Å². The molecule has 1 atom stereocenters. The van der Waals surface area contributed by atoms with E-state index in [0.29, 0.717) is 17.2 Å². The van der Waals surface area contributed by atoms with Crippen molar-refractivity contribution in [2.45, 2.75) is 29.7 Å². The predicted molar refractivity (Wildman–Crippen MR) is 100 cm³/mol. The van der Waals surface area contributed by atoms with Gasteiger partial charge in [-0.3, -0.25) is 9.36 Å². The number of halogens is 1. The van der Waals surface area contributed by atoms with Gasteiger partial charge in [-0.25, -0.2) is 0 Å². The quantitative estimate of drug-likeness (QED) is 0.662. The molecule has 25 heavy (non-hydrogen) atoms. The Morgan fingerprint density at radius 3 is 2.48 bits per heavy atom. The monoisotopic (exact) mass is 369 g/mol. The van der Waals surface area contributed by atoms with Crippen LogP contribution in [0.5, 0.6) is 0 Å². The lowest BCUT2D eigenvalue weighted by Crippen LogP contribution is -2.10. The summed E-state index contributed by atoms with van der Waals surface area (Å²) in [5.41, 5.74) is 1.91. The maximum atomic E-state index is 12.1. The van der Waals surface area contributed by atoms with Gasteiger partial charge in [-0.05, 0) is 37.1 Å². The van der Waals surface area contributed by atoms with Crippen LogP contribution in [0.1, 0.15) is 19.3 Å². The number of ketones is 1. The third-order valence-electron chi connectivity index (χ3n) is 4.25. The molecule has 0 saturated heterocycles. The Morgan fingerprint density at radius 2 is 1.80 bits per heavy atom. The average molecular weight is 370 g/mol. The first kappa shape index (κ1) is 16.4. The van der Waals surface area contributed by atoms with Crippen molar-refractivity contribution in [2.24, 2.45) is 0 Å². The maximum absolute atomic E-state index is 12.1. The molecule has 0 spiro atoms. The second-order valence-corrected chi connectivity index (χ2v) is 7.56. The highest BCUT2D eigenvalue weighted by atomic mass is 35.5. The van der Waals surface area contributed by atoms with Gasteiger partial charge in [0.2, 0.25) is 0 Å². The van der Waals surface area contributed by atoms with E-state index >= 15 is 0 Å². The zero-order valence-corrected chi connectivity index (χ0v) is 15.0. The van der Waals surface area contributed by atoms with Gasteiger partial charge in [0.1, 0.15) is 5.78 Å². The zero-order chi connectivity index (χ0) is 17.2. The molecular weight excluding hydrogens is 354 g/mol. The highest BCUT2D eigenvalue weighted by Gasteiger charge is 2.28. The van der Waals surface area contributed by atoms with Crippen molar-refractivity contribution in [3.05, 3.63) is 59.6 Å². The van der Waals surface area contributed by atoms with Gasteiger partial charge in [0.15, 0.2) is 11.0 Å². The number of rotatable bonds is 4. The molecule has 3 aromatic rings. The second-order valence-electron chi connectivity index (χ2n) is 5.95. The SMILES string of the molecule is O=C1CCC[C@@H]1Sc1nnc(-c2ccccc2)n1-c1ccc(Cl)cc1. The van der Waals surface area contributed by atoms with Crippen molar-refractivity contribution >= 4 is 29.1 Å². The van der Waals surface area contributed by atoms with Gasteiger partial charge >= 0.3 is 0 Å². The molecule has 0 N–H and O–H groups in total. The summed E-state index contributed by atoms with van der Waals surface area (Å²) in [5, 5.41) is 10.2. The van der Waals surface area contributed by atoms with Crippen LogP contribution in [0, 0.1) is 0 Å². The van der Waals surface area contributed by atoms with Crippen LogP contribution in [-0.4, -0.2) is 25.8 Å². The van der Waals surface area contributed by atoms with E-state index in [0.717, 1.165) is 35.1 Å². The normalized spacial score (nSPS) is 17.2. The Morgan fingerprint density at radius 1 is 1.04 bits per heavy atom. The van der Waals surface area contributed by atoms with E-state index in [1.165, 1.54) is 11.8 Å². The fourth-order valence-electron chi connectivity index (χ4n) is 2.98. The fraction of sp³-hybridized carbons (Fsp3) is 0.211. The Bertz CT molecular complexity index is 893. The molecule has 1 heterocycles. The standard InChI is InChI=1S/C19H16ClN3OS/c20-14-9-11-15(12-10-14)23-18(13-5-2-1-3-6-13)21-22-19(23)25-17-8-4-7-16(17)24/h1-3,5-6,9-12,17H,4,7-8H2/t17-/m0/s1. The van der Waals surface area contributed by atoms with E-state index in [9.17, 15) is 4.79 Å². The van der Waals surface area contributed by atoms with Crippen molar-refractivity contribution in [3.63, 3.8) is 0 Å². The predicted octanol–water partition coefficient (Wildman–Crippen LogP) is 4.80. The molecule has 0 unspecified atom stereocenters. The Balaban J connectivity index is 1.80. The first-order valence-electron chi connectivity index (χ1n) is 8.18. The largest absolute Gasteiger partial charge is 0.298 e. The van der Waals surface area contributed by atoms with Gasteiger partial charge in [0.05, 0.1) is 5.25 Å². The van der Waals surface area contributed by atoms with Crippen molar-refractivity contribution in [2.75, 3.05) is 0 Å². The average Bonchev–Trinajstić information content (AvgIpc) is 3.24. The number of nitrogens with zero attached hydrogens (tertiary/aromatic N) is 3. The van der Waals surface area contributed by atoms with Crippen LogP contribution in [-0.2, 0) is 4.79 Å². The third-order valence-corrected chi connectivity index (χ3v) is 5.76. The van der Waals surface area contributed by atoms with Crippen molar-refractivity contribution < 1.29 is 4.79 Å². The summed E-state index contributed by atoms with van der Waals surface area (Å²) >= 11 is 7.54. The Labute approximate surface area is 155 Å². The van der Waals surface area contributed by atoms with Crippen LogP contribution in [0.2, 0.25) is 5.02 Å². The number of hydrogen-bond donors (Lipinski definition) is 0. The van der Waals surface area contributed by atoms with Crippen LogP contribution in [0.3, 0.4) is 0 Å². The van der Waals surface area contributed by atoms with Gasteiger partial charge < -0.3 is 0 Å². The number of thioether (sulfide) groups is 1. The molecule has 1 aliphatic rings. The minimum Gasteiger partial charge on any atom is -0.298 e. The number of Topliss-reactive ketones (excluding diaryl/α,β-unsaturated/α-hetero) is 1. The lowest BCUT2D eigenvalue weighted by Gasteiger charge is -2.12. The molecule has 1 aromatic heterocycles. The smallest absolute Gasteiger partial charge is 0.196 e. The van der Waals surface area contributed by atoms with Crippen LogP contribution in [0.4, 0.5) is 0 Å².